The molecule has 2 heteroatoms. The normalized spacial score (nSPS) is 11.1. The van der Waals surface area contributed by atoms with Crippen LogP contribution in [0.3, 0.4) is 0 Å². The summed E-state index contributed by atoms with van der Waals surface area (Å²) >= 11 is -0.553. The second-order valence-electron chi connectivity index (χ2n) is 1.78. The van der Waals surface area contributed by atoms with Crippen molar-refractivity contribution in [3.63, 3.8) is 0 Å². The number of hydrogen-bond acceptors (Lipinski definition) is 1. The zero-order valence-corrected chi connectivity index (χ0v) is 9.02. The van der Waals surface area contributed by atoms with E-state index in [1.807, 2.05) is 0 Å². The van der Waals surface area contributed by atoms with Crippen LogP contribution in [0.4, 0.5) is 0 Å². The third kappa shape index (κ3) is 6.76. The van der Waals surface area contributed by atoms with E-state index in [-0.39, 0.29) is 0 Å². The van der Waals surface area contributed by atoms with Crippen LogP contribution in [0.25, 0.3) is 0 Å². The molecule has 1 N–H and O–H groups in total. The Balaban J connectivity index is 2.45. The van der Waals surface area contributed by atoms with Gasteiger partial charge in [-0.2, -0.15) is 0 Å². The zero-order chi connectivity index (χ0) is 5.54. The molecule has 0 saturated heterocycles. The Hall–Kier alpha value is 0.759. The van der Waals surface area contributed by atoms with Crippen LogP contribution in [0.2, 0.25) is 4.44 Å². The molecule has 0 radical (unpaired) electrons. The summed E-state index contributed by atoms with van der Waals surface area (Å²) in [6.45, 7) is 2.20. The third-order valence-corrected chi connectivity index (χ3v) is 4.77. The van der Waals surface area contributed by atoms with E-state index in [1.165, 1.54) is 17.3 Å². The molecule has 0 aromatic rings. The fourth-order valence-corrected chi connectivity index (χ4v) is 3.61. The maximum atomic E-state index is 8.39. The molecule has 0 atom stereocenters. The number of hydrogen-bond donors (Lipinski definition) is 1. The van der Waals surface area contributed by atoms with Gasteiger partial charge in [0.2, 0.25) is 0 Å². The first kappa shape index (κ1) is 7.76. The van der Waals surface area contributed by atoms with Gasteiger partial charge >= 0.3 is 55.1 Å². The topological polar surface area (TPSA) is 20.2 Å². The van der Waals surface area contributed by atoms with Crippen molar-refractivity contribution in [3.8, 4) is 0 Å². The van der Waals surface area contributed by atoms with Gasteiger partial charge in [0.1, 0.15) is 0 Å². The predicted molar refractivity (Wildman–Crippen MR) is 35.3 cm³/mol. The summed E-state index contributed by atoms with van der Waals surface area (Å²) < 4.78 is 1.97. The van der Waals surface area contributed by atoms with Crippen molar-refractivity contribution in [2.24, 2.45) is 0 Å². The van der Waals surface area contributed by atoms with Crippen molar-refractivity contribution in [1.29, 1.82) is 0 Å². The molecular formula is C5H14OSn. The minimum atomic E-state index is -0.553. The van der Waals surface area contributed by atoms with Crippen molar-refractivity contribution < 1.29 is 5.11 Å². The van der Waals surface area contributed by atoms with Crippen LogP contribution >= 0.6 is 0 Å². The molecule has 0 fully saturated rings. The Labute approximate surface area is 55.3 Å². The van der Waals surface area contributed by atoms with Gasteiger partial charge in [-0.1, -0.05) is 0 Å². The molecule has 0 rings (SSSR count). The third-order valence-electron chi connectivity index (χ3n) is 1.01. The average molecular weight is 209 g/mol. The van der Waals surface area contributed by atoms with Crippen molar-refractivity contribution in [3.05, 3.63) is 0 Å². The molecule has 44 valence electrons. The molecule has 1 nitrogen and oxygen atoms in total. The van der Waals surface area contributed by atoms with Gasteiger partial charge in [-0.05, 0) is 0 Å². The van der Waals surface area contributed by atoms with Crippen LogP contribution in [0.15, 0.2) is 0 Å². The van der Waals surface area contributed by atoms with E-state index in [2.05, 4.69) is 6.92 Å². The van der Waals surface area contributed by atoms with Crippen molar-refractivity contribution in [2.45, 2.75) is 24.2 Å². The second-order valence-corrected chi connectivity index (χ2v) is 7.10. The summed E-state index contributed by atoms with van der Waals surface area (Å²) in [7, 11) is 0. The number of unbranched alkanes of at least 4 members (excludes halogenated alkanes) is 1. The van der Waals surface area contributed by atoms with Crippen molar-refractivity contribution in [1.82, 2.24) is 0 Å². The van der Waals surface area contributed by atoms with Crippen LogP contribution in [-0.2, 0) is 0 Å². The zero-order valence-electron chi connectivity index (χ0n) is 4.98. The monoisotopic (exact) mass is 210 g/mol. The van der Waals surface area contributed by atoms with Crippen LogP contribution in [0.5, 0.6) is 0 Å². The Morgan fingerprint density at radius 1 is 1.57 bits per heavy atom. The van der Waals surface area contributed by atoms with Gasteiger partial charge in [0.25, 0.3) is 0 Å². The number of aliphatic hydroxyl groups excluding tert-OH is 1. The average Bonchev–Trinajstić information content (AvgIpc) is 1.69. The summed E-state index contributed by atoms with van der Waals surface area (Å²) in [6.07, 6.45) is 2.66. The predicted octanol–water partition coefficient (Wildman–Crippen LogP) is 0.323. The van der Waals surface area contributed by atoms with Crippen LogP contribution in [-0.4, -0.2) is 30.9 Å². The summed E-state index contributed by atoms with van der Waals surface area (Å²) in [5.74, 6) is 0. The molecule has 0 aliphatic carbocycles. The van der Waals surface area contributed by atoms with Gasteiger partial charge in [0.05, 0.1) is 0 Å². The second kappa shape index (κ2) is 6.76. The van der Waals surface area contributed by atoms with E-state index in [1.54, 1.807) is 0 Å². The fraction of sp³-hybridized carbons (Fsp3) is 1.00. The van der Waals surface area contributed by atoms with Gasteiger partial charge in [0, 0.05) is 0 Å². The van der Waals surface area contributed by atoms with E-state index in [4.69, 9.17) is 5.11 Å². The van der Waals surface area contributed by atoms with Crippen LogP contribution < -0.4 is 0 Å². The van der Waals surface area contributed by atoms with Crippen LogP contribution in [0, 0.1) is 0 Å². The van der Waals surface area contributed by atoms with Gasteiger partial charge < -0.3 is 0 Å². The summed E-state index contributed by atoms with van der Waals surface area (Å²) in [4.78, 5) is 0. The molecule has 0 aliphatic rings. The quantitative estimate of drug-likeness (QED) is 0.522. The van der Waals surface area contributed by atoms with E-state index >= 15 is 0 Å². The minimum absolute atomic E-state index is 0.553. The molecule has 0 bridgehead atoms. The summed E-state index contributed by atoms with van der Waals surface area (Å²) in [5, 5.41) is 8.39. The number of aliphatic hydroxyl groups is 1. The molecule has 0 aromatic heterocycles. The van der Waals surface area contributed by atoms with E-state index < -0.39 is 21.1 Å². The number of rotatable bonds is 4. The molecule has 0 aromatic carbocycles. The van der Waals surface area contributed by atoms with E-state index in [0.717, 1.165) is 0 Å². The summed E-state index contributed by atoms with van der Waals surface area (Å²) in [5.41, 5.74) is 0. The van der Waals surface area contributed by atoms with Gasteiger partial charge in [0.15, 0.2) is 0 Å². The summed E-state index contributed by atoms with van der Waals surface area (Å²) in [6, 6.07) is 0. The molecular weight excluding hydrogens is 195 g/mol. The van der Waals surface area contributed by atoms with Crippen LogP contribution in [0.1, 0.15) is 19.8 Å². The van der Waals surface area contributed by atoms with Gasteiger partial charge in [-0.3, -0.25) is 0 Å². The Bertz CT molecular complexity index is 27.3. The molecule has 0 saturated carbocycles. The Morgan fingerprint density at radius 2 is 2.29 bits per heavy atom. The molecule has 0 aliphatic heterocycles. The van der Waals surface area contributed by atoms with Gasteiger partial charge in [-0.25, -0.2) is 0 Å². The molecule has 0 amide bonds. The molecule has 0 unspecified atom stereocenters. The molecule has 0 spiro atoms. The first-order valence-electron chi connectivity index (χ1n) is 3.02. The Kier molecular flexibility index (Phi) is 7.49. The van der Waals surface area contributed by atoms with Crippen molar-refractivity contribution >= 4 is 21.1 Å². The van der Waals surface area contributed by atoms with Crippen molar-refractivity contribution in [2.75, 3.05) is 4.62 Å². The standard InChI is InChI=1S/C4H9.CH3O.Sn.2H/c1-3-4-2;1-2;;;/h1,3-4H2,2H3;2H,1H2;;;. The van der Waals surface area contributed by atoms with E-state index in [9.17, 15) is 0 Å². The SMILES string of the molecule is CCC[CH2][SnH2][CH2]O. The first-order chi connectivity index (χ1) is 3.41. The Morgan fingerprint density at radius 3 is 2.71 bits per heavy atom. The molecule has 7 heavy (non-hydrogen) atoms. The van der Waals surface area contributed by atoms with Gasteiger partial charge in [-0.15, -0.1) is 0 Å². The fourth-order valence-electron chi connectivity index (χ4n) is 0.539. The van der Waals surface area contributed by atoms with E-state index in [0.29, 0.717) is 4.62 Å². The first-order valence-corrected chi connectivity index (χ1v) is 8.73. The maximum absolute atomic E-state index is 8.39. The molecule has 0 heterocycles.